The molecule has 0 radical (unpaired) electrons. The summed E-state index contributed by atoms with van der Waals surface area (Å²) < 4.78 is 0. The van der Waals surface area contributed by atoms with Crippen molar-refractivity contribution in [1.29, 1.82) is 0 Å². The van der Waals surface area contributed by atoms with Crippen LogP contribution in [0.3, 0.4) is 0 Å². The molecule has 0 amide bonds. The third kappa shape index (κ3) is 1.47. The van der Waals surface area contributed by atoms with Gasteiger partial charge in [-0.3, -0.25) is 20.2 Å². The lowest BCUT2D eigenvalue weighted by molar-refractivity contribution is -0.423. The van der Waals surface area contributed by atoms with Crippen LogP contribution in [0.5, 0.6) is 5.75 Å². The third-order valence-corrected chi connectivity index (χ3v) is 1.70. The first-order valence-corrected chi connectivity index (χ1v) is 3.56. The number of phenolic OH excluding ortho intramolecular Hbond substituents is 1. The maximum absolute atomic E-state index is 10.5. The average molecular weight is 198 g/mol. The van der Waals surface area contributed by atoms with E-state index in [0.717, 1.165) is 6.07 Å². The number of nitro groups is 2. The van der Waals surface area contributed by atoms with Crippen molar-refractivity contribution in [3.05, 3.63) is 37.9 Å². The topological polar surface area (TPSA) is 107 Å². The Kier molecular flexibility index (Phi) is 2.32. The van der Waals surface area contributed by atoms with Gasteiger partial charge in [0, 0.05) is 5.56 Å². The van der Waals surface area contributed by atoms with Crippen LogP contribution in [-0.4, -0.2) is 15.0 Å². The highest BCUT2D eigenvalue weighted by molar-refractivity contribution is 5.64. The van der Waals surface area contributed by atoms with Gasteiger partial charge in [-0.15, -0.1) is 0 Å². The molecule has 1 rings (SSSR count). The van der Waals surface area contributed by atoms with E-state index in [-0.39, 0.29) is 5.56 Å². The number of hydrogen-bond acceptors (Lipinski definition) is 5. The lowest BCUT2D eigenvalue weighted by atomic mass is 10.1. The van der Waals surface area contributed by atoms with Gasteiger partial charge in [-0.05, 0) is 19.1 Å². The van der Waals surface area contributed by atoms with Crippen LogP contribution in [0, 0.1) is 27.2 Å². The van der Waals surface area contributed by atoms with Gasteiger partial charge in [-0.25, -0.2) is 0 Å². The lowest BCUT2D eigenvalue weighted by Gasteiger charge is -1.99. The number of hydrogen-bond donors (Lipinski definition) is 1. The van der Waals surface area contributed by atoms with E-state index < -0.39 is 27.0 Å². The number of nitro benzene ring substituents is 2. The van der Waals surface area contributed by atoms with Gasteiger partial charge in [0.15, 0.2) is 0 Å². The van der Waals surface area contributed by atoms with Gasteiger partial charge in [0.25, 0.3) is 0 Å². The maximum atomic E-state index is 10.5. The third-order valence-electron chi connectivity index (χ3n) is 1.70. The lowest BCUT2D eigenvalue weighted by Crippen LogP contribution is -1.98. The van der Waals surface area contributed by atoms with E-state index in [2.05, 4.69) is 0 Å². The van der Waals surface area contributed by atoms with Crippen LogP contribution in [0.1, 0.15) is 5.56 Å². The Morgan fingerprint density at radius 2 is 1.64 bits per heavy atom. The fourth-order valence-corrected chi connectivity index (χ4v) is 1.08. The van der Waals surface area contributed by atoms with Crippen molar-refractivity contribution < 1.29 is 15.0 Å². The molecule has 0 bridgehead atoms. The highest BCUT2D eigenvalue weighted by Crippen LogP contribution is 2.37. The molecule has 0 unspecified atom stereocenters. The van der Waals surface area contributed by atoms with Crippen LogP contribution >= 0.6 is 0 Å². The SMILES string of the molecule is Cc1ccc(O)c([N+](=O)[O-])c1[N+](=O)[O-]. The van der Waals surface area contributed by atoms with E-state index in [4.69, 9.17) is 5.11 Å². The van der Waals surface area contributed by atoms with Crippen LogP contribution < -0.4 is 0 Å². The minimum atomic E-state index is -0.972. The van der Waals surface area contributed by atoms with Crippen LogP contribution in [0.4, 0.5) is 11.4 Å². The summed E-state index contributed by atoms with van der Waals surface area (Å²) in [5.74, 6) is -0.702. The minimum Gasteiger partial charge on any atom is -0.502 e. The van der Waals surface area contributed by atoms with Crippen molar-refractivity contribution in [2.75, 3.05) is 0 Å². The summed E-state index contributed by atoms with van der Waals surface area (Å²) in [7, 11) is 0. The molecule has 0 aliphatic heterocycles. The average Bonchev–Trinajstić information content (AvgIpc) is 2.07. The van der Waals surface area contributed by atoms with Gasteiger partial charge in [-0.2, -0.15) is 0 Å². The molecule has 74 valence electrons. The molecule has 7 nitrogen and oxygen atoms in total. The number of benzene rings is 1. The Hall–Kier alpha value is -2.18. The normalized spacial score (nSPS) is 9.79. The fourth-order valence-electron chi connectivity index (χ4n) is 1.08. The van der Waals surface area contributed by atoms with Gasteiger partial charge in [0.2, 0.25) is 5.75 Å². The predicted molar refractivity (Wildman–Crippen MR) is 46.2 cm³/mol. The standard InChI is InChI=1S/C7H6N2O5/c1-4-2-3-5(10)7(9(13)14)6(4)8(11)12/h2-3,10H,1H3. The first-order valence-electron chi connectivity index (χ1n) is 3.56. The molecule has 0 saturated heterocycles. The molecule has 0 heterocycles. The first kappa shape index (κ1) is 9.90. The van der Waals surface area contributed by atoms with Crippen LogP contribution in [-0.2, 0) is 0 Å². The minimum absolute atomic E-state index is 0.138. The molecule has 0 atom stereocenters. The Morgan fingerprint density at radius 1 is 1.14 bits per heavy atom. The molecular formula is C7H6N2O5. The molecule has 0 spiro atoms. The zero-order chi connectivity index (χ0) is 10.9. The molecule has 0 aliphatic rings. The molecule has 0 aliphatic carbocycles. The maximum Gasteiger partial charge on any atom is 0.387 e. The second kappa shape index (κ2) is 3.29. The van der Waals surface area contributed by atoms with Crippen molar-refractivity contribution >= 4 is 11.4 Å². The van der Waals surface area contributed by atoms with Crippen molar-refractivity contribution in [2.45, 2.75) is 6.92 Å². The number of phenols is 1. The van der Waals surface area contributed by atoms with E-state index in [1.165, 1.54) is 13.0 Å². The Morgan fingerprint density at radius 3 is 2.00 bits per heavy atom. The van der Waals surface area contributed by atoms with E-state index in [1.807, 2.05) is 0 Å². The molecule has 0 aromatic heterocycles. The van der Waals surface area contributed by atoms with Crippen molar-refractivity contribution in [2.24, 2.45) is 0 Å². The van der Waals surface area contributed by atoms with Crippen molar-refractivity contribution in [3.63, 3.8) is 0 Å². The predicted octanol–water partition coefficient (Wildman–Crippen LogP) is 1.52. The summed E-state index contributed by atoms with van der Waals surface area (Å²) in [4.78, 5) is 19.1. The van der Waals surface area contributed by atoms with Gasteiger partial charge in [0.05, 0.1) is 9.85 Å². The van der Waals surface area contributed by atoms with Gasteiger partial charge < -0.3 is 5.11 Å². The van der Waals surface area contributed by atoms with Crippen LogP contribution in [0.25, 0.3) is 0 Å². The smallest absolute Gasteiger partial charge is 0.387 e. The Bertz CT molecular complexity index is 376. The van der Waals surface area contributed by atoms with Gasteiger partial charge >= 0.3 is 11.4 Å². The first-order chi connectivity index (χ1) is 6.45. The number of nitrogens with zero attached hydrogens (tertiary/aromatic N) is 2. The summed E-state index contributed by atoms with van der Waals surface area (Å²) >= 11 is 0. The molecule has 0 saturated carbocycles. The number of rotatable bonds is 2. The molecule has 14 heavy (non-hydrogen) atoms. The highest BCUT2D eigenvalue weighted by atomic mass is 16.6. The highest BCUT2D eigenvalue weighted by Gasteiger charge is 2.30. The zero-order valence-electron chi connectivity index (χ0n) is 7.13. The zero-order valence-corrected chi connectivity index (χ0v) is 7.13. The monoisotopic (exact) mass is 198 g/mol. The summed E-state index contributed by atoms with van der Waals surface area (Å²) in [5, 5.41) is 30.0. The Labute approximate surface area is 77.9 Å². The van der Waals surface area contributed by atoms with E-state index in [9.17, 15) is 20.2 Å². The summed E-state index contributed by atoms with van der Waals surface area (Å²) in [6.07, 6.45) is 0. The van der Waals surface area contributed by atoms with Gasteiger partial charge in [0.1, 0.15) is 0 Å². The second-order valence-electron chi connectivity index (χ2n) is 2.61. The Balaban J connectivity index is 3.58. The molecule has 7 heteroatoms. The molecule has 1 aromatic carbocycles. The quantitative estimate of drug-likeness (QED) is 0.572. The number of aryl methyl sites for hydroxylation is 1. The molecule has 0 fully saturated rings. The number of aromatic hydroxyl groups is 1. The molecule has 1 N–H and O–H groups in total. The fraction of sp³-hybridized carbons (Fsp3) is 0.143. The van der Waals surface area contributed by atoms with Crippen molar-refractivity contribution in [3.8, 4) is 5.75 Å². The molecule has 1 aromatic rings. The summed E-state index contributed by atoms with van der Waals surface area (Å²) in [5.41, 5.74) is -1.40. The van der Waals surface area contributed by atoms with Crippen LogP contribution in [0.2, 0.25) is 0 Å². The van der Waals surface area contributed by atoms with Gasteiger partial charge in [-0.1, -0.05) is 0 Å². The summed E-state index contributed by atoms with van der Waals surface area (Å²) in [6.45, 7) is 1.37. The van der Waals surface area contributed by atoms with Crippen LogP contribution in [0.15, 0.2) is 12.1 Å². The van der Waals surface area contributed by atoms with E-state index >= 15 is 0 Å². The van der Waals surface area contributed by atoms with E-state index in [1.54, 1.807) is 0 Å². The second-order valence-corrected chi connectivity index (χ2v) is 2.61. The van der Waals surface area contributed by atoms with E-state index in [0.29, 0.717) is 0 Å². The molecular weight excluding hydrogens is 192 g/mol. The van der Waals surface area contributed by atoms with Crippen molar-refractivity contribution in [1.82, 2.24) is 0 Å². The summed E-state index contributed by atoms with van der Waals surface area (Å²) in [6, 6.07) is 2.31. The largest absolute Gasteiger partial charge is 0.502 e.